The van der Waals surface area contributed by atoms with Crippen LogP contribution in [0.5, 0.6) is 0 Å². The molecule has 0 bridgehead atoms. The van der Waals surface area contributed by atoms with Gasteiger partial charge >= 0.3 is 0 Å². The maximum atomic E-state index is 6.30. The molecule has 3 heteroatoms. The summed E-state index contributed by atoms with van der Waals surface area (Å²) in [4.78, 5) is 2.38. The number of anilines is 1. The maximum Gasteiger partial charge on any atom is 0.0642 e. The van der Waals surface area contributed by atoms with E-state index in [9.17, 15) is 0 Å². The first-order chi connectivity index (χ1) is 7.66. The Bertz CT molecular complexity index is 365. The van der Waals surface area contributed by atoms with Crippen molar-refractivity contribution in [2.24, 2.45) is 0 Å². The Morgan fingerprint density at radius 2 is 2.25 bits per heavy atom. The van der Waals surface area contributed by atoms with E-state index >= 15 is 0 Å². The molecule has 2 rings (SSSR count). The van der Waals surface area contributed by atoms with Crippen LogP contribution in [0.4, 0.5) is 5.69 Å². The van der Waals surface area contributed by atoms with Crippen LogP contribution in [0.2, 0.25) is 5.02 Å². The molecule has 1 atom stereocenters. The molecule has 1 saturated heterocycles. The number of hydrogen-bond acceptors (Lipinski definition) is 2. The van der Waals surface area contributed by atoms with Gasteiger partial charge in [-0.15, -0.1) is 0 Å². The summed E-state index contributed by atoms with van der Waals surface area (Å²) in [7, 11) is 0. The summed E-state index contributed by atoms with van der Waals surface area (Å²) in [6.07, 6.45) is 1.18. The zero-order chi connectivity index (χ0) is 11.5. The van der Waals surface area contributed by atoms with Gasteiger partial charge in [0.25, 0.3) is 0 Å². The monoisotopic (exact) mass is 238 g/mol. The van der Waals surface area contributed by atoms with Crippen LogP contribution in [0.3, 0.4) is 0 Å². The lowest BCUT2D eigenvalue weighted by molar-refractivity contribution is 0.585. The molecule has 1 unspecified atom stereocenters. The fraction of sp³-hybridized carbons (Fsp3) is 0.538. The SMILES string of the molecule is Cc1ccc(N2CCCNC(C)C2)c(Cl)c1. The Morgan fingerprint density at radius 1 is 1.44 bits per heavy atom. The first kappa shape index (κ1) is 11.7. The van der Waals surface area contributed by atoms with Gasteiger partial charge in [0.05, 0.1) is 10.7 Å². The second-order valence-electron chi connectivity index (χ2n) is 4.61. The molecule has 0 aliphatic carbocycles. The van der Waals surface area contributed by atoms with Gasteiger partial charge in [0.15, 0.2) is 0 Å². The van der Waals surface area contributed by atoms with E-state index in [-0.39, 0.29) is 0 Å². The zero-order valence-corrected chi connectivity index (χ0v) is 10.7. The van der Waals surface area contributed by atoms with Gasteiger partial charge in [-0.05, 0) is 44.5 Å². The number of aryl methyl sites for hydroxylation is 1. The fourth-order valence-corrected chi connectivity index (χ4v) is 2.55. The first-order valence-electron chi connectivity index (χ1n) is 5.91. The summed E-state index contributed by atoms with van der Waals surface area (Å²) in [5.41, 5.74) is 2.39. The smallest absolute Gasteiger partial charge is 0.0642 e. The van der Waals surface area contributed by atoms with E-state index in [0.29, 0.717) is 6.04 Å². The standard InChI is InChI=1S/C13H19ClN2/c1-10-4-5-13(12(14)8-10)16-7-3-6-15-11(2)9-16/h4-5,8,11,15H,3,6-7,9H2,1-2H3. The predicted molar refractivity (Wildman–Crippen MR) is 70.5 cm³/mol. The topological polar surface area (TPSA) is 15.3 Å². The van der Waals surface area contributed by atoms with Crippen molar-refractivity contribution in [3.63, 3.8) is 0 Å². The number of rotatable bonds is 1. The first-order valence-corrected chi connectivity index (χ1v) is 6.29. The average Bonchev–Trinajstić information content (AvgIpc) is 2.43. The molecular weight excluding hydrogens is 220 g/mol. The molecule has 16 heavy (non-hydrogen) atoms. The van der Waals surface area contributed by atoms with Crippen molar-refractivity contribution in [2.45, 2.75) is 26.3 Å². The van der Waals surface area contributed by atoms with Gasteiger partial charge in [-0.3, -0.25) is 0 Å². The third-order valence-corrected chi connectivity index (χ3v) is 3.34. The van der Waals surface area contributed by atoms with Gasteiger partial charge in [0, 0.05) is 19.1 Å². The molecule has 1 aliphatic rings. The third-order valence-electron chi connectivity index (χ3n) is 3.04. The molecule has 1 heterocycles. The van der Waals surface area contributed by atoms with Crippen molar-refractivity contribution in [3.05, 3.63) is 28.8 Å². The lowest BCUT2D eigenvalue weighted by Crippen LogP contribution is -2.35. The third kappa shape index (κ3) is 2.69. The molecule has 1 aliphatic heterocycles. The Labute approximate surface area is 103 Å². The molecule has 0 radical (unpaired) electrons. The van der Waals surface area contributed by atoms with Gasteiger partial charge in [-0.25, -0.2) is 0 Å². The van der Waals surface area contributed by atoms with E-state index in [2.05, 4.69) is 36.2 Å². The Kier molecular flexibility index (Phi) is 3.72. The molecule has 2 nitrogen and oxygen atoms in total. The highest BCUT2D eigenvalue weighted by molar-refractivity contribution is 6.33. The highest BCUT2D eigenvalue weighted by atomic mass is 35.5. The Balaban J connectivity index is 2.21. The lowest BCUT2D eigenvalue weighted by atomic mass is 10.2. The number of nitrogens with zero attached hydrogens (tertiary/aromatic N) is 1. The Morgan fingerprint density at radius 3 is 3.00 bits per heavy atom. The summed E-state index contributed by atoms with van der Waals surface area (Å²) in [6.45, 7) is 7.51. The quantitative estimate of drug-likeness (QED) is 0.810. The average molecular weight is 239 g/mol. The van der Waals surface area contributed by atoms with E-state index in [1.807, 2.05) is 6.07 Å². The number of benzene rings is 1. The van der Waals surface area contributed by atoms with Crippen LogP contribution in [0.1, 0.15) is 18.9 Å². The van der Waals surface area contributed by atoms with Crippen molar-refractivity contribution in [2.75, 3.05) is 24.5 Å². The molecule has 0 spiro atoms. The van der Waals surface area contributed by atoms with Crippen LogP contribution in [-0.4, -0.2) is 25.7 Å². The molecule has 0 saturated carbocycles. The van der Waals surface area contributed by atoms with E-state index in [4.69, 9.17) is 11.6 Å². The van der Waals surface area contributed by atoms with Crippen molar-refractivity contribution in [1.29, 1.82) is 0 Å². The minimum atomic E-state index is 0.528. The predicted octanol–water partition coefficient (Wildman–Crippen LogP) is 2.84. The number of hydrogen-bond donors (Lipinski definition) is 1. The molecule has 0 aromatic heterocycles. The fourth-order valence-electron chi connectivity index (χ4n) is 2.19. The van der Waals surface area contributed by atoms with Crippen LogP contribution in [0.25, 0.3) is 0 Å². The van der Waals surface area contributed by atoms with Gasteiger partial charge < -0.3 is 10.2 Å². The van der Waals surface area contributed by atoms with Crippen molar-refractivity contribution >= 4 is 17.3 Å². The van der Waals surface area contributed by atoms with Gasteiger partial charge in [-0.1, -0.05) is 17.7 Å². The normalized spacial score (nSPS) is 21.9. The van der Waals surface area contributed by atoms with E-state index in [1.165, 1.54) is 17.7 Å². The van der Waals surface area contributed by atoms with E-state index < -0.39 is 0 Å². The molecular formula is C13H19ClN2. The van der Waals surface area contributed by atoms with Crippen molar-refractivity contribution < 1.29 is 0 Å². The highest BCUT2D eigenvalue weighted by Gasteiger charge is 2.16. The second-order valence-corrected chi connectivity index (χ2v) is 5.02. The van der Waals surface area contributed by atoms with Crippen LogP contribution < -0.4 is 10.2 Å². The van der Waals surface area contributed by atoms with Crippen molar-refractivity contribution in [1.82, 2.24) is 5.32 Å². The molecule has 1 aromatic rings. The van der Waals surface area contributed by atoms with Crippen LogP contribution in [0, 0.1) is 6.92 Å². The number of nitrogens with one attached hydrogen (secondary N) is 1. The highest BCUT2D eigenvalue weighted by Crippen LogP contribution is 2.27. The van der Waals surface area contributed by atoms with E-state index in [1.54, 1.807) is 0 Å². The molecule has 1 N–H and O–H groups in total. The second kappa shape index (κ2) is 5.07. The number of halogens is 1. The van der Waals surface area contributed by atoms with Gasteiger partial charge in [0.2, 0.25) is 0 Å². The summed E-state index contributed by atoms with van der Waals surface area (Å²) in [6, 6.07) is 6.83. The minimum Gasteiger partial charge on any atom is -0.369 e. The van der Waals surface area contributed by atoms with Crippen molar-refractivity contribution in [3.8, 4) is 0 Å². The van der Waals surface area contributed by atoms with Crippen LogP contribution in [-0.2, 0) is 0 Å². The molecule has 1 aromatic carbocycles. The van der Waals surface area contributed by atoms with Gasteiger partial charge in [-0.2, -0.15) is 0 Å². The van der Waals surface area contributed by atoms with Gasteiger partial charge in [0.1, 0.15) is 0 Å². The van der Waals surface area contributed by atoms with Crippen LogP contribution >= 0.6 is 11.6 Å². The largest absolute Gasteiger partial charge is 0.369 e. The maximum absolute atomic E-state index is 6.30. The lowest BCUT2D eigenvalue weighted by Gasteiger charge is -2.26. The zero-order valence-electron chi connectivity index (χ0n) is 9.96. The molecule has 1 fully saturated rings. The van der Waals surface area contributed by atoms with E-state index in [0.717, 1.165) is 24.7 Å². The Hall–Kier alpha value is -0.730. The summed E-state index contributed by atoms with van der Waals surface area (Å²) < 4.78 is 0. The summed E-state index contributed by atoms with van der Waals surface area (Å²) in [5, 5.41) is 4.36. The minimum absolute atomic E-state index is 0.528. The summed E-state index contributed by atoms with van der Waals surface area (Å²) in [5.74, 6) is 0. The van der Waals surface area contributed by atoms with Crippen LogP contribution in [0.15, 0.2) is 18.2 Å². The molecule has 88 valence electrons. The molecule has 0 amide bonds. The summed E-state index contributed by atoms with van der Waals surface area (Å²) >= 11 is 6.30.